The Bertz CT molecular complexity index is 457. The summed E-state index contributed by atoms with van der Waals surface area (Å²) in [5, 5.41) is 0. The van der Waals surface area contributed by atoms with Gasteiger partial charge in [0, 0.05) is 14.1 Å². The standard InChI is InChI=1S/C12H16N2O4/c1-14(2)11(15)7-18-10-5-4-8(6-9(10)13)12(16)17-3/h4-6H,7,13H2,1-3H3. The highest BCUT2D eigenvalue weighted by molar-refractivity contribution is 5.91. The second-order valence-corrected chi connectivity index (χ2v) is 3.82. The van der Waals surface area contributed by atoms with Crippen molar-refractivity contribution in [3.8, 4) is 5.75 Å². The zero-order valence-electron chi connectivity index (χ0n) is 10.6. The van der Waals surface area contributed by atoms with Gasteiger partial charge in [-0.2, -0.15) is 0 Å². The monoisotopic (exact) mass is 252 g/mol. The first-order valence-electron chi connectivity index (χ1n) is 5.26. The largest absolute Gasteiger partial charge is 0.482 e. The Labute approximate surface area is 105 Å². The van der Waals surface area contributed by atoms with Crippen LogP contribution in [0.2, 0.25) is 0 Å². The molecule has 1 aromatic carbocycles. The lowest BCUT2D eigenvalue weighted by molar-refractivity contribution is -0.130. The number of rotatable bonds is 4. The van der Waals surface area contributed by atoms with E-state index in [1.165, 1.54) is 30.2 Å². The molecule has 0 aliphatic carbocycles. The molecule has 6 nitrogen and oxygen atoms in total. The molecule has 0 aliphatic rings. The van der Waals surface area contributed by atoms with Crippen LogP contribution in [-0.2, 0) is 9.53 Å². The SMILES string of the molecule is COC(=O)c1ccc(OCC(=O)N(C)C)c(N)c1. The van der Waals surface area contributed by atoms with Crippen LogP contribution in [0.15, 0.2) is 18.2 Å². The molecule has 0 saturated carbocycles. The van der Waals surface area contributed by atoms with E-state index < -0.39 is 5.97 Å². The number of nitrogens with two attached hydrogens (primary N) is 1. The average Bonchev–Trinajstić information content (AvgIpc) is 2.35. The summed E-state index contributed by atoms with van der Waals surface area (Å²) in [6, 6.07) is 4.50. The number of nitrogens with zero attached hydrogens (tertiary/aromatic N) is 1. The van der Waals surface area contributed by atoms with Gasteiger partial charge in [0.25, 0.3) is 5.91 Å². The summed E-state index contributed by atoms with van der Waals surface area (Å²) in [5.74, 6) is -0.290. The summed E-state index contributed by atoms with van der Waals surface area (Å²) in [6.07, 6.45) is 0. The summed E-state index contributed by atoms with van der Waals surface area (Å²) in [7, 11) is 4.56. The smallest absolute Gasteiger partial charge is 0.337 e. The zero-order chi connectivity index (χ0) is 13.7. The van der Waals surface area contributed by atoms with E-state index in [4.69, 9.17) is 10.5 Å². The van der Waals surface area contributed by atoms with Crippen LogP contribution in [0, 0.1) is 0 Å². The van der Waals surface area contributed by atoms with Gasteiger partial charge in [0.2, 0.25) is 0 Å². The van der Waals surface area contributed by atoms with Crippen molar-refractivity contribution in [2.75, 3.05) is 33.5 Å². The lowest BCUT2D eigenvalue weighted by Crippen LogP contribution is -2.27. The number of hydrogen-bond donors (Lipinski definition) is 1. The summed E-state index contributed by atoms with van der Waals surface area (Å²) in [5.41, 5.74) is 6.33. The molecule has 1 rings (SSSR count). The van der Waals surface area contributed by atoms with Crippen LogP contribution < -0.4 is 10.5 Å². The van der Waals surface area contributed by atoms with Crippen molar-refractivity contribution in [2.45, 2.75) is 0 Å². The maximum absolute atomic E-state index is 11.3. The van der Waals surface area contributed by atoms with E-state index in [1.807, 2.05) is 0 Å². The summed E-state index contributed by atoms with van der Waals surface area (Å²) >= 11 is 0. The van der Waals surface area contributed by atoms with E-state index in [9.17, 15) is 9.59 Å². The van der Waals surface area contributed by atoms with Crippen LogP contribution >= 0.6 is 0 Å². The van der Waals surface area contributed by atoms with Crippen LogP contribution in [0.25, 0.3) is 0 Å². The number of amides is 1. The fourth-order valence-electron chi connectivity index (χ4n) is 1.19. The van der Waals surface area contributed by atoms with Crippen molar-refractivity contribution < 1.29 is 19.1 Å². The molecule has 2 N–H and O–H groups in total. The van der Waals surface area contributed by atoms with Gasteiger partial charge in [0.05, 0.1) is 18.4 Å². The van der Waals surface area contributed by atoms with Crippen LogP contribution in [0.3, 0.4) is 0 Å². The number of likely N-dealkylation sites (N-methyl/N-ethyl adjacent to an activating group) is 1. The van der Waals surface area contributed by atoms with Crippen LogP contribution in [-0.4, -0.2) is 44.6 Å². The first-order valence-corrected chi connectivity index (χ1v) is 5.26. The maximum Gasteiger partial charge on any atom is 0.337 e. The van der Waals surface area contributed by atoms with Crippen molar-refractivity contribution >= 4 is 17.6 Å². The van der Waals surface area contributed by atoms with E-state index in [0.29, 0.717) is 11.3 Å². The van der Waals surface area contributed by atoms with Crippen molar-refractivity contribution in [2.24, 2.45) is 0 Å². The minimum atomic E-state index is -0.474. The first-order chi connectivity index (χ1) is 8.45. The Morgan fingerprint density at radius 3 is 2.50 bits per heavy atom. The van der Waals surface area contributed by atoms with Crippen molar-refractivity contribution in [1.82, 2.24) is 4.90 Å². The molecule has 98 valence electrons. The third-order valence-corrected chi connectivity index (χ3v) is 2.28. The Hall–Kier alpha value is -2.24. The minimum Gasteiger partial charge on any atom is -0.482 e. The van der Waals surface area contributed by atoms with Gasteiger partial charge in [0.1, 0.15) is 5.75 Å². The molecule has 1 aromatic rings. The molecule has 6 heteroatoms. The van der Waals surface area contributed by atoms with Gasteiger partial charge < -0.3 is 20.1 Å². The quantitative estimate of drug-likeness (QED) is 0.624. The Morgan fingerprint density at radius 1 is 1.33 bits per heavy atom. The number of carbonyl (C=O) groups is 2. The van der Waals surface area contributed by atoms with Gasteiger partial charge in [-0.3, -0.25) is 4.79 Å². The molecule has 18 heavy (non-hydrogen) atoms. The van der Waals surface area contributed by atoms with Gasteiger partial charge in [-0.1, -0.05) is 0 Å². The molecule has 0 bridgehead atoms. The number of ether oxygens (including phenoxy) is 2. The number of benzene rings is 1. The molecule has 0 atom stereocenters. The molecule has 0 unspecified atom stereocenters. The lowest BCUT2D eigenvalue weighted by Gasteiger charge is -2.13. The summed E-state index contributed by atoms with van der Waals surface area (Å²) < 4.78 is 9.82. The van der Waals surface area contributed by atoms with Crippen LogP contribution in [0.5, 0.6) is 5.75 Å². The number of methoxy groups -OCH3 is 1. The fraction of sp³-hybridized carbons (Fsp3) is 0.333. The topological polar surface area (TPSA) is 81.9 Å². The molecule has 1 amide bonds. The van der Waals surface area contributed by atoms with E-state index >= 15 is 0 Å². The first kappa shape index (κ1) is 13.8. The third-order valence-electron chi connectivity index (χ3n) is 2.28. The maximum atomic E-state index is 11.3. The molecule has 0 aromatic heterocycles. The van der Waals surface area contributed by atoms with E-state index in [0.717, 1.165) is 0 Å². The normalized spacial score (nSPS) is 9.72. The molecule has 0 radical (unpaired) electrons. The Kier molecular flexibility index (Phi) is 4.53. The van der Waals surface area contributed by atoms with Gasteiger partial charge in [-0.05, 0) is 18.2 Å². The van der Waals surface area contributed by atoms with E-state index in [2.05, 4.69) is 4.74 Å². The number of carbonyl (C=O) groups excluding carboxylic acids is 2. The Balaban J connectivity index is 2.74. The van der Waals surface area contributed by atoms with E-state index in [1.54, 1.807) is 14.1 Å². The van der Waals surface area contributed by atoms with Crippen molar-refractivity contribution in [1.29, 1.82) is 0 Å². The molecule has 0 aliphatic heterocycles. The highest BCUT2D eigenvalue weighted by atomic mass is 16.5. The number of esters is 1. The fourth-order valence-corrected chi connectivity index (χ4v) is 1.19. The molecule has 0 heterocycles. The van der Waals surface area contributed by atoms with Gasteiger partial charge in [0.15, 0.2) is 6.61 Å². The molecule has 0 fully saturated rings. The summed E-state index contributed by atoms with van der Waals surface area (Å²) in [6.45, 7) is -0.102. The number of hydrogen-bond acceptors (Lipinski definition) is 5. The van der Waals surface area contributed by atoms with Gasteiger partial charge >= 0.3 is 5.97 Å². The van der Waals surface area contributed by atoms with Crippen LogP contribution in [0.1, 0.15) is 10.4 Å². The predicted octanol–water partition coefficient (Wildman–Crippen LogP) is 0.522. The molecule has 0 saturated heterocycles. The average molecular weight is 252 g/mol. The highest BCUT2D eigenvalue weighted by Crippen LogP contribution is 2.22. The van der Waals surface area contributed by atoms with Gasteiger partial charge in [-0.25, -0.2) is 4.79 Å². The highest BCUT2D eigenvalue weighted by Gasteiger charge is 2.10. The molecule has 0 spiro atoms. The second kappa shape index (κ2) is 5.90. The predicted molar refractivity (Wildman–Crippen MR) is 66.4 cm³/mol. The lowest BCUT2D eigenvalue weighted by atomic mass is 10.2. The number of nitrogen functional groups attached to an aromatic ring is 1. The van der Waals surface area contributed by atoms with Gasteiger partial charge in [-0.15, -0.1) is 0 Å². The third kappa shape index (κ3) is 3.38. The molecular formula is C12H16N2O4. The molecular weight excluding hydrogens is 236 g/mol. The van der Waals surface area contributed by atoms with Crippen molar-refractivity contribution in [3.05, 3.63) is 23.8 Å². The van der Waals surface area contributed by atoms with E-state index in [-0.39, 0.29) is 18.2 Å². The zero-order valence-corrected chi connectivity index (χ0v) is 10.6. The van der Waals surface area contributed by atoms with Crippen molar-refractivity contribution in [3.63, 3.8) is 0 Å². The second-order valence-electron chi connectivity index (χ2n) is 3.82. The number of anilines is 1. The minimum absolute atomic E-state index is 0.102. The van der Waals surface area contributed by atoms with Crippen LogP contribution in [0.4, 0.5) is 5.69 Å². The Morgan fingerprint density at radius 2 is 2.00 bits per heavy atom. The summed E-state index contributed by atoms with van der Waals surface area (Å²) in [4.78, 5) is 24.0.